The predicted molar refractivity (Wildman–Crippen MR) is 74.8 cm³/mol. The van der Waals surface area contributed by atoms with Gasteiger partial charge in [0.05, 0.1) is 0 Å². The molecule has 0 aromatic carbocycles. The first-order chi connectivity index (χ1) is 9.65. The van der Waals surface area contributed by atoms with E-state index in [2.05, 4.69) is 10.2 Å². The number of rotatable bonds is 1. The number of likely N-dealkylation sites (tertiary alicyclic amines) is 1. The Labute approximate surface area is 120 Å². The Kier molecular flexibility index (Phi) is 2.83. The molecule has 2 saturated heterocycles. The third kappa shape index (κ3) is 1.95. The maximum Gasteiger partial charge on any atom is 0.225 e. The van der Waals surface area contributed by atoms with Crippen molar-refractivity contribution < 1.29 is 9.59 Å². The lowest BCUT2D eigenvalue weighted by atomic mass is 9.77. The molecule has 20 heavy (non-hydrogen) atoms. The lowest BCUT2D eigenvalue weighted by Crippen LogP contribution is -2.46. The van der Waals surface area contributed by atoms with Gasteiger partial charge in [-0.15, -0.1) is 0 Å². The van der Waals surface area contributed by atoms with E-state index in [4.69, 9.17) is 0 Å². The van der Waals surface area contributed by atoms with Crippen molar-refractivity contribution >= 4 is 11.8 Å². The van der Waals surface area contributed by atoms with Gasteiger partial charge in [-0.05, 0) is 49.4 Å². The minimum Gasteiger partial charge on any atom is -0.356 e. The maximum atomic E-state index is 12.7. The average molecular weight is 276 g/mol. The summed E-state index contributed by atoms with van der Waals surface area (Å²) in [7, 11) is 0. The van der Waals surface area contributed by atoms with Crippen molar-refractivity contribution in [1.29, 1.82) is 0 Å². The molecule has 0 aromatic rings. The predicted octanol–water partition coefficient (Wildman–Crippen LogP) is 1.55. The van der Waals surface area contributed by atoms with Crippen molar-refractivity contribution in [3.8, 4) is 0 Å². The van der Waals surface area contributed by atoms with E-state index in [1.807, 2.05) is 0 Å². The average Bonchev–Trinajstić information content (AvgIpc) is 3.15. The monoisotopic (exact) mass is 276 g/mol. The van der Waals surface area contributed by atoms with Crippen LogP contribution in [-0.2, 0) is 9.59 Å². The van der Waals surface area contributed by atoms with Crippen LogP contribution in [0.3, 0.4) is 0 Å². The van der Waals surface area contributed by atoms with Crippen LogP contribution in [0.2, 0.25) is 0 Å². The van der Waals surface area contributed by atoms with Gasteiger partial charge in [0, 0.05) is 32.0 Å². The van der Waals surface area contributed by atoms with Crippen LogP contribution < -0.4 is 5.32 Å². The van der Waals surface area contributed by atoms with Gasteiger partial charge < -0.3 is 10.2 Å². The van der Waals surface area contributed by atoms with E-state index in [-0.39, 0.29) is 11.3 Å². The molecule has 0 aromatic heterocycles. The smallest absolute Gasteiger partial charge is 0.225 e. The zero-order valence-electron chi connectivity index (χ0n) is 12.1. The molecule has 2 aliphatic carbocycles. The number of fused-ring (bicyclic) bond motifs is 2. The lowest BCUT2D eigenvalue weighted by Gasteiger charge is -2.40. The Hall–Kier alpha value is -1.06. The summed E-state index contributed by atoms with van der Waals surface area (Å²) in [4.78, 5) is 26.2. The first-order valence-electron chi connectivity index (χ1n) is 8.21. The minimum absolute atomic E-state index is 0.155. The van der Waals surface area contributed by atoms with Gasteiger partial charge in [-0.25, -0.2) is 0 Å². The summed E-state index contributed by atoms with van der Waals surface area (Å²) in [6, 6.07) is 0. The van der Waals surface area contributed by atoms with Crippen molar-refractivity contribution in [2.24, 2.45) is 23.2 Å². The number of piperidine rings is 1. The standard InChI is InChI=1S/C16H24N2O2/c19-14-9-16(10-17-14)3-5-18(6-4-16)15(20)13-8-11-1-2-12(13)7-11/h11-13H,1-10H2,(H,17,19). The second-order valence-electron chi connectivity index (χ2n) is 7.56. The SMILES string of the molecule is O=C1CC2(CCN(C(=O)C3CC4CCC3C4)CC2)CN1. The van der Waals surface area contributed by atoms with Gasteiger partial charge in [-0.1, -0.05) is 6.42 Å². The van der Waals surface area contributed by atoms with Crippen molar-refractivity contribution in [2.75, 3.05) is 19.6 Å². The van der Waals surface area contributed by atoms with Gasteiger partial charge in [0.15, 0.2) is 0 Å². The minimum atomic E-state index is 0.155. The molecule has 0 radical (unpaired) electrons. The first kappa shape index (κ1) is 12.7. The summed E-state index contributed by atoms with van der Waals surface area (Å²) in [5.41, 5.74) is 0.155. The Morgan fingerprint density at radius 1 is 1.20 bits per heavy atom. The maximum absolute atomic E-state index is 12.7. The number of nitrogens with zero attached hydrogens (tertiary/aromatic N) is 1. The van der Waals surface area contributed by atoms with Crippen molar-refractivity contribution in [2.45, 2.75) is 44.9 Å². The molecule has 2 heterocycles. The Morgan fingerprint density at radius 3 is 2.55 bits per heavy atom. The molecular formula is C16H24N2O2. The van der Waals surface area contributed by atoms with Gasteiger partial charge >= 0.3 is 0 Å². The van der Waals surface area contributed by atoms with Crippen LogP contribution in [-0.4, -0.2) is 36.3 Å². The number of hydrogen-bond acceptors (Lipinski definition) is 2. The molecule has 3 atom stereocenters. The van der Waals surface area contributed by atoms with E-state index in [1.54, 1.807) is 0 Å². The van der Waals surface area contributed by atoms with Crippen molar-refractivity contribution in [3.05, 3.63) is 0 Å². The highest BCUT2D eigenvalue weighted by molar-refractivity contribution is 5.81. The van der Waals surface area contributed by atoms with E-state index in [0.29, 0.717) is 24.2 Å². The third-order valence-corrected chi connectivity index (χ3v) is 6.39. The van der Waals surface area contributed by atoms with Gasteiger partial charge in [-0.3, -0.25) is 9.59 Å². The molecule has 1 N–H and O–H groups in total. The van der Waals surface area contributed by atoms with Crippen molar-refractivity contribution in [1.82, 2.24) is 10.2 Å². The second-order valence-corrected chi connectivity index (χ2v) is 7.56. The summed E-state index contributed by atoms with van der Waals surface area (Å²) in [6.45, 7) is 2.55. The van der Waals surface area contributed by atoms with Gasteiger partial charge in [0.25, 0.3) is 0 Å². The van der Waals surface area contributed by atoms with Crippen LogP contribution in [0.15, 0.2) is 0 Å². The highest BCUT2D eigenvalue weighted by atomic mass is 16.2. The fraction of sp³-hybridized carbons (Fsp3) is 0.875. The van der Waals surface area contributed by atoms with E-state index in [0.717, 1.165) is 44.8 Å². The van der Waals surface area contributed by atoms with Gasteiger partial charge in [0.1, 0.15) is 0 Å². The molecule has 4 nitrogen and oxygen atoms in total. The van der Waals surface area contributed by atoms with Crippen LogP contribution in [0.4, 0.5) is 0 Å². The molecule has 4 aliphatic rings. The summed E-state index contributed by atoms with van der Waals surface area (Å²) in [6.07, 6.45) is 7.74. The van der Waals surface area contributed by atoms with Crippen LogP contribution >= 0.6 is 0 Å². The number of amides is 2. The molecule has 2 aliphatic heterocycles. The number of hydrogen-bond donors (Lipinski definition) is 1. The first-order valence-corrected chi connectivity index (χ1v) is 8.21. The van der Waals surface area contributed by atoms with Crippen LogP contribution in [0.5, 0.6) is 0 Å². The number of carbonyl (C=O) groups excluding carboxylic acids is 2. The van der Waals surface area contributed by atoms with E-state index < -0.39 is 0 Å². The molecule has 4 rings (SSSR count). The normalized spacial score (nSPS) is 38.5. The molecule has 2 saturated carbocycles. The quantitative estimate of drug-likeness (QED) is 0.790. The topological polar surface area (TPSA) is 49.4 Å². The van der Waals surface area contributed by atoms with Gasteiger partial charge in [-0.2, -0.15) is 0 Å². The number of carbonyl (C=O) groups is 2. The van der Waals surface area contributed by atoms with Crippen LogP contribution in [0.1, 0.15) is 44.9 Å². The lowest BCUT2D eigenvalue weighted by molar-refractivity contribution is -0.139. The van der Waals surface area contributed by atoms with E-state index in [9.17, 15) is 9.59 Å². The Bertz CT molecular complexity index is 440. The third-order valence-electron chi connectivity index (χ3n) is 6.39. The highest BCUT2D eigenvalue weighted by Crippen LogP contribution is 2.49. The largest absolute Gasteiger partial charge is 0.356 e. The van der Waals surface area contributed by atoms with Crippen LogP contribution in [0.25, 0.3) is 0 Å². The summed E-state index contributed by atoms with van der Waals surface area (Å²) < 4.78 is 0. The zero-order chi connectivity index (χ0) is 13.7. The van der Waals surface area contributed by atoms with Crippen LogP contribution in [0, 0.1) is 23.2 Å². The summed E-state index contributed by atoms with van der Waals surface area (Å²) in [5, 5.41) is 2.96. The zero-order valence-corrected chi connectivity index (χ0v) is 12.1. The van der Waals surface area contributed by atoms with Gasteiger partial charge in [0.2, 0.25) is 11.8 Å². The molecule has 4 heteroatoms. The summed E-state index contributed by atoms with van der Waals surface area (Å²) in [5.74, 6) is 2.45. The fourth-order valence-corrected chi connectivity index (χ4v) is 5.09. The second kappa shape index (κ2) is 4.47. The highest BCUT2D eigenvalue weighted by Gasteiger charge is 2.47. The summed E-state index contributed by atoms with van der Waals surface area (Å²) >= 11 is 0. The molecule has 4 fully saturated rings. The molecule has 3 unspecified atom stereocenters. The fourth-order valence-electron chi connectivity index (χ4n) is 5.09. The van der Waals surface area contributed by atoms with Crippen molar-refractivity contribution in [3.63, 3.8) is 0 Å². The molecule has 2 bridgehead atoms. The van der Waals surface area contributed by atoms with E-state index >= 15 is 0 Å². The molecule has 1 spiro atoms. The van der Waals surface area contributed by atoms with E-state index in [1.165, 1.54) is 19.3 Å². The number of nitrogens with one attached hydrogen (secondary N) is 1. The molecule has 2 amide bonds. The Balaban J connectivity index is 1.37. The molecule has 110 valence electrons. The Morgan fingerprint density at radius 2 is 2.00 bits per heavy atom. The molecular weight excluding hydrogens is 252 g/mol.